The van der Waals surface area contributed by atoms with Gasteiger partial charge in [-0.05, 0) is 69.2 Å². The second-order valence-corrected chi connectivity index (χ2v) is 14.9. The average molecular weight is 372 g/mol. The zero-order valence-electron chi connectivity index (χ0n) is 17.9. The summed E-state index contributed by atoms with van der Waals surface area (Å²) in [5, 5.41) is 3.39. The Bertz CT molecular complexity index is 401. The summed E-state index contributed by atoms with van der Waals surface area (Å²) in [6.07, 6.45) is 1.52. The van der Waals surface area contributed by atoms with E-state index < -0.39 is 20.0 Å². The third kappa shape index (κ3) is 5.80. The molecule has 1 saturated heterocycles. The first-order valence-electron chi connectivity index (χ1n) is 10.0. The van der Waals surface area contributed by atoms with Crippen molar-refractivity contribution in [3.8, 4) is 0 Å². The van der Waals surface area contributed by atoms with Gasteiger partial charge in [0.05, 0.1) is 0 Å². The number of carbonyl (C=O) groups excluding carboxylic acids is 1. The summed E-state index contributed by atoms with van der Waals surface area (Å²) in [6, 6.07) is 0. The highest BCUT2D eigenvalue weighted by Gasteiger charge is 2.49. The van der Waals surface area contributed by atoms with Crippen molar-refractivity contribution in [2.75, 3.05) is 13.1 Å². The Balaban J connectivity index is 3.18. The van der Waals surface area contributed by atoms with Crippen LogP contribution in [-0.2, 0) is 14.0 Å². The molecule has 0 radical (unpaired) electrons. The van der Waals surface area contributed by atoms with Crippen molar-refractivity contribution in [1.82, 2.24) is 5.32 Å². The molecule has 4 nitrogen and oxygen atoms in total. The Morgan fingerprint density at radius 2 is 1.40 bits per heavy atom. The zero-order chi connectivity index (χ0) is 19.4. The molecule has 1 aliphatic rings. The van der Waals surface area contributed by atoms with Gasteiger partial charge >= 0.3 is 5.97 Å². The molecule has 1 heterocycles. The van der Waals surface area contributed by atoms with Crippen LogP contribution in [0.4, 0.5) is 0 Å². The van der Waals surface area contributed by atoms with Gasteiger partial charge < -0.3 is 14.5 Å². The molecule has 0 amide bonds. The Morgan fingerprint density at radius 3 is 1.76 bits per heavy atom. The molecule has 1 aliphatic heterocycles. The van der Waals surface area contributed by atoms with Crippen molar-refractivity contribution < 1.29 is 14.0 Å². The Labute approximate surface area is 156 Å². The highest BCUT2D eigenvalue weighted by molar-refractivity contribution is 6.77. The number of hydrogen-bond acceptors (Lipinski definition) is 4. The van der Waals surface area contributed by atoms with Gasteiger partial charge in [0.25, 0.3) is 0 Å². The van der Waals surface area contributed by atoms with Crippen molar-refractivity contribution in [2.24, 2.45) is 5.92 Å². The fraction of sp³-hybridized carbons (Fsp3) is 0.950. The van der Waals surface area contributed by atoms with Crippen molar-refractivity contribution in [3.05, 3.63) is 0 Å². The lowest BCUT2D eigenvalue weighted by Crippen LogP contribution is -2.55. The fourth-order valence-corrected chi connectivity index (χ4v) is 10.0. The van der Waals surface area contributed by atoms with Crippen LogP contribution in [-0.4, -0.2) is 39.1 Å². The summed E-state index contributed by atoms with van der Waals surface area (Å²) in [5.74, 6) is 0.0810. The van der Waals surface area contributed by atoms with Crippen LogP contribution in [0.3, 0.4) is 0 Å². The predicted molar refractivity (Wildman–Crippen MR) is 107 cm³/mol. The number of ether oxygens (including phenoxy) is 1. The third-order valence-electron chi connectivity index (χ3n) is 5.49. The van der Waals surface area contributed by atoms with Crippen LogP contribution in [0.2, 0.25) is 16.6 Å². The molecule has 5 heteroatoms. The second-order valence-electron chi connectivity index (χ2n) is 9.48. The summed E-state index contributed by atoms with van der Waals surface area (Å²) in [4.78, 5) is 13.1. The fourth-order valence-electron chi connectivity index (χ4n) is 4.47. The van der Waals surface area contributed by atoms with E-state index in [-0.39, 0.29) is 11.9 Å². The second kappa shape index (κ2) is 9.00. The molecule has 1 unspecified atom stereocenters. The molecule has 0 spiro atoms. The first-order valence-corrected chi connectivity index (χ1v) is 12.2. The molecule has 0 bridgehead atoms. The SMILES string of the molecule is CC(C)[Si](OC(C(=O)OC(C)(C)C)C1CCNCC1)(C(C)C)C(C)C. The molecular weight excluding hydrogens is 330 g/mol. The van der Waals surface area contributed by atoms with E-state index in [1.807, 2.05) is 20.8 Å². The van der Waals surface area contributed by atoms with E-state index >= 15 is 0 Å². The Hall–Kier alpha value is -0.393. The summed E-state index contributed by atoms with van der Waals surface area (Å²) in [6.45, 7) is 21.3. The van der Waals surface area contributed by atoms with Crippen LogP contribution in [0, 0.1) is 5.92 Å². The van der Waals surface area contributed by atoms with E-state index in [2.05, 4.69) is 46.9 Å². The van der Waals surface area contributed by atoms with Gasteiger partial charge in [0.2, 0.25) is 8.32 Å². The topological polar surface area (TPSA) is 47.6 Å². The monoisotopic (exact) mass is 371 g/mol. The van der Waals surface area contributed by atoms with Gasteiger partial charge in [0.1, 0.15) is 11.7 Å². The van der Waals surface area contributed by atoms with Crippen LogP contribution in [0.15, 0.2) is 0 Å². The van der Waals surface area contributed by atoms with E-state index in [4.69, 9.17) is 9.16 Å². The van der Waals surface area contributed by atoms with Crippen LogP contribution in [0.25, 0.3) is 0 Å². The molecule has 0 aromatic rings. The smallest absolute Gasteiger partial charge is 0.334 e. The molecule has 1 fully saturated rings. The van der Waals surface area contributed by atoms with Crippen LogP contribution >= 0.6 is 0 Å². The molecule has 0 aliphatic carbocycles. The minimum atomic E-state index is -2.13. The van der Waals surface area contributed by atoms with E-state index in [0.29, 0.717) is 16.6 Å². The predicted octanol–water partition coefficient (Wildman–Crippen LogP) is 4.89. The number of carbonyl (C=O) groups is 1. The molecule has 1 atom stereocenters. The minimum Gasteiger partial charge on any atom is -0.458 e. The molecule has 25 heavy (non-hydrogen) atoms. The van der Waals surface area contributed by atoms with E-state index in [9.17, 15) is 4.79 Å². The van der Waals surface area contributed by atoms with Crippen molar-refractivity contribution in [1.29, 1.82) is 0 Å². The normalized spacial score (nSPS) is 18.9. The van der Waals surface area contributed by atoms with Crippen LogP contribution in [0.5, 0.6) is 0 Å². The van der Waals surface area contributed by atoms with Gasteiger partial charge in [-0.1, -0.05) is 41.5 Å². The number of piperidine rings is 1. The molecule has 1 N–H and O–H groups in total. The first kappa shape index (κ1) is 22.6. The molecule has 0 saturated carbocycles. The van der Waals surface area contributed by atoms with Crippen LogP contribution in [0.1, 0.15) is 75.2 Å². The minimum absolute atomic E-state index is 0.168. The van der Waals surface area contributed by atoms with Crippen molar-refractivity contribution in [3.63, 3.8) is 0 Å². The van der Waals surface area contributed by atoms with Gasteiger partial charge in [-0.3, -0.25) is 0 Å². The van der Waals surface area contributed by atoms with Gasteiger partial charge in [0.15, 0.2) is 0 Å². The maximum absolute atomic E-state index is 13.1. The summed E-state index contributed by atoms with van der Waals surface area (Å²) in [7, 11) is -2.13. The highest BCUT2D eigenvalue weighted by atomic mass is 28.4. The third-order valence-corrected chi connectivity index (χ3v) is 11.6. The van der Waals surface area contributed by atoms with Crippen molar-refractivity contribution in [2.45, 2.75) is 103 Å². The number of hydrogen-bond donors (Lipinski definition) is 1. The summed E-state index contributed by atoms with van der Waals surface area (Å²) in [5.41, 5.74) is 0.890. The molecule has 148 valence electrons. The Morgan fingerprint density at radius 1 is 0.960 bits per heavy atom. The summed E-state index contributed by atoms with van der Waals surface area (Å²) >= 11 is 0. The number of nitrogens with one attached hydrogen (secondary N) is 1. The van der Waals surface area contributed by atoms with E-state index in [1.165, 1.54) is 0 Å². The zero-order valence-corrected chi connectivity index (χ0v) is 18.9. The molecular formula is C20H41NO3Si. The number of rotatable bonds is 7. The quantitative estimate of drug-likeness (QED) is 0.511. The lowest BCUT2D eigenvalue weighted by atomic mass is 9.92. The lowest BCUT2D eigenvalue weighted by molar-refractivity contribution is -0.167. The highest BCUT2D eigenvalue weighted by Crippen LogP contribution is 2.44. The van der Waals surface area contributed by atoms with Crippen LogP contribution < -0.4 is 5.32 Å². The van der Waals surface area contributed by atoms with E-state index in [0.717, 1.165) is 25.9 Å². The standard InChI is InChI=1S/C20H41NO3Si/c1-14(2)25(15(3)4,16(5)6)24-18(17-10-12-21-13-11-17)19(22)23-20(7,8)9/h14-18,21H,10-13H2,1-9H3. The maximum atomic E-state index is 13.1. The maximum Gasteiger partial charge on any atom is 0.334 e. The van der Waals surface area contributed by atoms with E-state index in [1.54, 1.807) is 0 Å². The number of esters is 1. The molecule has 1 rings (SSSR count). The molecule has 0 aromatic carbocycles. The van der Waals surface area contributed by atoms with Gasteiger partial charge in [0, 0.05) is 0 Å². The van der Waals surface area contributed by atoms with Gasteiger partial charge in [-0.15, -0.1) is 0 Å². The Kier molecular flexibility index (Phi) is 8.16. The summed E-state index contributed by atoms with van der Waals surface area (Å²) < 4.78 is 12.7. The van der Waals surface area contributed by atoms with Crippen molar-refractivity contribution >= 4 is 14.3 Å². The molecule has 0 aromatic heterocycles. The average Bonchev–Trinajstić information content (AvgIpc) is 2.46. The van der Waals surface area contributed by atoms with Gasteiger partial charge in [-0.25, -0.2) is 4.79 Å². The largest absolute Gasteiger partial charge is 0.458 e. The first-order chi connectivity index (χ1) is 11.4. The lowest BCUT2D eigenvalue weighted by Gasteiger charge is -2.46. The van der Waals surface area contributed by atoms with Gasteiger partial charge in [-0.2, -0.15) is 0 Å².